The zero-order chi connectivity index (χ0) is 17.0. The summed E-state index contributed by atoms with van der Waals surface area (Å²) in [7, 11) is 1.50. The summed E-state index contributed by atoms with van der Waals surface area (Å²) in [4.78, 5) is 28.3. The van der Waals surface area contributed by atoms with E-state index < -0.39 is 0 Å². The number of methoxy groups -OCH3 is 1. The summed E-state index contributed by atoms with van der Waals surface area (Å²) in [6.45, 7) is 3.83. The molecule has 0 saturated carbocycles. The van der Waals surface area contributed by atoms with Crippen LogP contribution in [-0.4, -0.2) is 22.6 Å². The molecule has 0 radical (unpaired) electrons. The Morgan fingerprint density at radius 2 is 2.09 bits per heavy atom. The molecule has 3 N–H and O–H groups in total. The van der Waals surface area contributed by atoms with Crippen LogP contribution in [0.25, 0.3) is 0 Å². The van der Waals surface area contributed by atoms with E-state index in [9.17, 15) is 9.59 Å². The molecular weight excluding hydrogens is 296 g/mol. The van der Waals surface area contributed by atoms with E-state index in [2.05, 4.69) is 10.3 Å². The first-order valence-corrected chi connectivity index (χ1v) is 7.13. The molecule has 0 spiro atoms. The zero-order valence-corrected chi connectivity index (χ0v) is 13.4. The fourth-order valence-corrected chi connectivity index (χ4v) is 2.16. The zero-order valence-electron chi connectivity index (χ0n) is 13.4. The van der Waals surface area contributed by atoms with Crippen molar-refractivity contribution < 1.29 is 9.53 Å². The van der Waals surface area contributed by atoms with Gasteiger partial charge in [-0.1, -0.05) is 12.1 Å². The molecule has 1 amide bonds. The Hall–Kier alpha value is -2.67. The highest BCUT2D eigenvalue weighted by molar-refractivity contribution is 5.91. The quantitative estimate of drug-likeness (QED) is 0.864. The van der Waals surface area contributed by atoms with Gasteiger partial charge < -0.3 is 15.8 Å². The first-order valence-electron chi connectivity index (χ1n) is 7.13. The lowest BCUT2D eigenvalue weighted by Gasteiger charge is -2.12. The summed E-state index contributed by atoms with van der Waals surface area (Å²) < 4.78 is 6.04. The van der Waals surface area contributed by atoms with Crippen molar-refractivity contribution in [1.29, 1.82) is 0 Å². The third kappa shape index (κ3) is 4.17. The molecule has 0 fully saturated rings. The van der Waals surface area contributed by atoms with Gasteiger partial charge in [0.2, 0.25) is 11.9 Å². The molecule has 0 bridgehead atoms. The minimum atomic E-state index is -0.388. The van der Waals surface area contributed by atoms with Crippen LogP contribution in [0.3, 0.4) is 0 Å². The van der Waals surface area contributed by atoms with Crippen LogP contribution in [0.1, 0.15) is 16.8 Å². The number of anilines is 2. The Morgan fingerprint density at radius 3 is 2.74 bits per heavy atom. The van der Waals surface area contributed by atoms with Gasteiger partial charge in [0.25, 0.3) is 5.56 Å². The van der Waals surface area contributed by atoms with E-state index in [1.807, 2.05) is 32.0 Å². The Bertz CT molecular complexity index is 783. The number of nitrogens with one attached hydrogen (secondary N) is 1. The van der Waals surface area contributed by atoms with Crippen LogP contribution in [0.2, 0.25) is 0 Å². The number of nitrogens with two attached hydrogens (primary N) is 1. The van der Waals surface area contributed by atoms with Crippen molar-refractivity contribution in [3.63, 3.8) is 0 Å². The molecule has 0 saturated heterocycles. The number of aryl methyl sites for hydroxylation is 2. The Balaban J connectivity index is 2.17. The molecule has 1 heterocycles. The maximum Gasteiger partial charge on any atom is 0.255 e. The minimum Gasteiger partial charge on any atom is -0.378 e. The summed E-state index contributed by atoms with van der Waals surface area (Å²) >= 11 is 0. The summed E-state index contributed by atoms with van der Waals surface area (Å²) in [5.41, 5.74) is 8.50. The maximum atomic E-state index is 12.2. The molecule has 0 aliphatic rings. The van der Waals surface area contributed by atoms with Crippen molar-refractivity contribution in [2.75, 3.05) is 18.2 Å². The van der Waals surface area contributed by atoms with Gasteiger partial charge in [0, 0.05) is 18.9 Å². The van der Waals surface area contributed by atoms with E-state index in [-0.39, 0.29) is 30.6 Å². The molecule has 2 rings (SSSR count). The van der Waals surface area contributed by atoms with E-state index in [0.29, 0.717) is 11.4 Å². The second-order valence-electron chi connectivity index (χ2n) is 5.33. The van der Waals surface area contributed by atoms with Crippen molar-refractivity contribution in [1.82, 2.24) is 9.55 Å². The van der Waals surface area contributed by atoms with Crippen LogP contribution in [0.5, 0.6) is 0 Å². The molecule has 0 aliphatic carbocycles. The van der Waals surface area contributed by atoms with Gasteiger partial charge in [-0.3, -0.25) is 14.2 Å². The van der Waals surface area contributed by atoms with Crippen molar-refractivity contribution in [2.24, 2.45) is 0 Å². The standard InChI is InChI=1S/C16H20N4O3/c1-10-4-5-11(2)13(6-10)19-14(21)8-20-15(22)7-12(9-23-3)18-16(20)17/h4-7H,8-9H2,1-3H3,(H2,17,18)(H,19,21). The van der Waals surface area contributed by atoms with Crippen LogP contribution < -0.4 is 16.6 Å². The van der Waals surface area contributed by atoms with Gasteiger partial charge in [0.15, 0.2) is 0 Å². The lowest BCUT2D eigenvalue weighted by molar-refractivity contribution is -0.116. The van der Waals surface area contributed by atoms with Gasteiger partial charge in [-0.05, 0) is 31.0 Å². The average Bonchev–Trinajstić information content (AvgIpc) is 2.47. The molecule has 0 unspecified atom stereocenters. The number of aromatic nitrogens is 2. The summed E-state index contributed by atoms with van der Waals surface area (Å²) in [6, 6.07) is 7.07. The van der Waals surface area contributed by atoms with Gasteiger partial charge in [-0.25, -0.2) is 4.98 Å². The average molecular weight is 316 g/mol. The Morgan fingerprint density at radius 1 is 1.35 bits per heavy atom. The normalized spacial score (nSPS) is 10.6. The molecule has 23 heavy (non-hydrogen) atoms. The molecule has 2 aromatic rings. The maximum absolute atomic E-state index is 12.2. The summed E-state index contributed by atoms with van der Waals surface area (Å²) in [5.74, 6) is -0.352. The Labute approximate surface area is 134 Å². The largest absolute Gasteiger partial charge is 0.378 e. The molecule has 122 valence electrons. The van der Waals surface area contributed by atoms with Crippen molar-refractivity contribution >= 4 is 17.5 Å². The number of ether oxygens (including phenoxy) is 1. The number of hydrogen-bond donors (Lipinski definition) is 2. The lowest BCUT2D eigenvalue weighted by atomic mass is 10.1. The monoisotopic (exact) mass is 316 g/mol. The molecule has 0 atom stereocenters. The number of carbonyl (C=O) groups excluding carboxylic acids is 1. The second kappa shape index (κ2) is 7.06. The van der Waals surface area contributed by atoms with Crippen LogP contribution >= 0.6 is 0 Å². The SMILES string of the molecule is COCc1cc(=O)n(CC(=O)Nc2cc(C)ccc2C)c(N)n1. The first-order chi connectivity index (χ1) is 10.9. The highest BCUT2D eigenvalue weighted by Gasteiger charge is 2.11. The molecular formula is C16H20N4O3. The fraction of sp³-hybridized carbons (Fsp3) is 0.312. The predicted octanol–water partition coefficient (Wildman–Crippen LogP) is 1.23. The second-order valence-corrected chi connectivity index (χ2v) is 5.33. The number of benzene rings is 1. The number of nitrogens with zero attached hydrogens (tertiary/aromatic N) is 2. The van der Waals surface area contributed by atoms with Gasteiger partial charge in [0.1, 0.15) is 6.54 Å². The predicted molar refractivity (Wildman–Crippen MR) is 88.2 cm³/mol. The Kier molecular flexibility index (Phi) is 5.13. The number of carbonyl (C=O) groups is 1. The van der Waals surface area contributed by atoms with Crippen LogP contribution in [0, 0.1) is 13.8 Å². The third-order valence-corrected chi connectivity index (χ3v) is 3.35. The van der Waals surface area contributed by atoms with E-state index >= 15 is 0 Å². The highest BCUT2D eigenvalue weighted by atomic mass is 16.5. The van der Waals surface area contributed by atoms with Crippen LogP contribution in [-0.2, 0) is 22.7 Å². The fourth-order valence-electron chi connectivity index (χ4n) is 2.16. The molecule has 1 aromatic heterocycles. The van der Waals surface area contributed by atoms with Gasteiger partial charge in [-0.15, -0.1) is 0 Å². The summed E-state index contributed by atoms with van der Waals surface area (Å²) in [5, 5.41) is 2.79. The van der Waals surface area contributed by atoms with Gasteiger partial charge in [0.05, 0.1) is 12.3 Å². The summed E-state index contributed by atoms with van der Waals surface area (Å²) in [6.07, 6.45) is 0. The highest BCUT2D eigenvalue weighted by Crippen LogP contribution is 2.16. The van der Waals surface area contributed by atoms with Crippen molar-refractivity contribution in [2.45, 2.75) is 27.0 Å². The van der Waals surface area contributed by atoms with E-state index in [1.54, 1.807) is 0 Å². The van der Waals surface area contributed by atoms with Crippen molar-refractivity contribution in [3.05, 3.63) is 51.4 Å². The number of nitrogen functional groups attached to an aromatic ring is 1. The smallest absolute Gasteiger partial charge is 0.255 e. The van der Waals surface area contributed by atoms with Gasteiger partial charge >= 0.3 is 0 Å². The van der Waals surface area contributed by atoms with Gasteiger partial charge in [-0.2, -0.15) is 0 Å². The molecule has 7 nitrogen and oxygen atoms in total. The number of hydrogen-bond acceptors (Lipinski definition) is 5. The number of amides is 1. The molecule has 7 heteroatoms. The van der Waals surface area contributed by atoms with Crippen molar-refractivity contribution in [3.8, 4) is 0 Å². The first kappa shape index (κ1) is 16.7. The molecule has 1 aromatic carbocycles. The van der Waals surface area contributed by atoms with Crippen LogP contribution in [0.4, 0.5) is 11.6 Å². The third-order valence-electron chi connectivity index (χ3n) is 3.35. The van der Waals surface area contributed by atoms with E-state index in [1.165, 1.54) is 13.2 Å². The number of rotatable bonds is 5. The lowest BCUT2D eigenvalue weighted by Crippen LogP contribution is -2.30. The topological polar surface area (TPSA) is 99.2 Å². The van der Waals surface area contributed by atoms with E-state index in [4.69, 9.17) is 10.5 Å². The van der Waals surface area contributed by atoms with Crippen LogP contribution in [0.15, 0.2) is 29.1 Å². The van der Waals surface area contributed by atoms with E-state index in [0.717, 1.165) is 15.7 Å². The molecule has 0 aliphatic heterocycles. The minimum absolute atomic E-state index is 0.0133.